The average Bonchev–Trinajstić information content (AvgIpc) is 2.75. The van der Waals surface area contributed by atoms with Crippen LogP contribution in [0.1, 0.15) is 12.8 Å². The third-order valence-corrected chi connectivity index (χ3v) is 2.11. The van der Waals surface area contributed by atoms with E-state index in [-0.39, 0.29) is 0 Å². The predicted octanol–water partition coefficient (Wildman–Crippen LogP) is -0.0216. The maximum atomic E-state index is 5.35. The van der Waals surface area contributed by atoms with Gasteiger partial charge in [0.1, 0.15) is 0 Å². The molecular formula is C10H21N3O2. The molecule has 0 aromatic heterocycles. The summed E-state index contributed by atoms with van der Waals surface area (Å²) in [4.78, 5) is 4.24. The molecule has 1 aliphatic heterocycles. The van der Waals surface area contributed by atoms with Crippen LogP contribution in [-0.2, 0) is 9.47 Å². The summed E-state index contributed by atoms with van der Waals surface area (Å²) >= 11 is 0. The summed E-state index contributed by atoms with van der Waals surface area (Å²) in [5, 5.41) is 6.41. The van der Waals surface area contributed by atoms with Crippen LogP contribution in [0.25, 0.3) is 0 Å². The first-order valence-electron chi connectivity index (χ1n) is 5.52. The number of hydrogen-bond acceptors (Lipinski definition) is 5. The molecule has 0 unspecified atom stereocenters. The van der Waals surface area contributed by atoms with Crippen molar-refractivity contribution in [3.8, 4) is 0 Å². The Morgan fingerprint density at radius 2 is 2.27 bits per heavy atom. The SMILES string of the molecule is COCCOCCCCNC1=NCCN1. The van der Waals surface area contributed by atoms with Gasteiger partial charge in [0.25, 0.3) is 0 Å². The minimum Gasteiger partial charge on any atom is -0.382 e. The molecule has 0 fully saturated rings. The van der Waals surface area contributed by atoms with Gasteiger partial charge < -0.3 is 20.1 Å². The first-order valence-corrected chi connectivity index (χ1v) is 5.52. The standard InChI is InChI=1S/C10H21N3O2/c1-14-8-9-15-7-3-2-4-11-10-12-5-6-13-10/h2-9H2,1H3,(H2,11,12,13). The fourth-order valence-electron chi connectivity index (χ4n) is 1.30. The first kappa shape index (κ1) is 12.3. The van der Waals surface area contributed by atoms with Crippen LogP contribution in [0.3, 0.4) is 0 Å². The van der Waals surface area contributed by atoms with Gasteiger partial charge >= 0.3 is 0 Å². The zero-order valence-electron chi connectivity index (χ0n) is 9.42. The van der Waals surface area contributed by atoms with Crippen molar-refractivity contribution in [3.63, 3.8) is 0 Å². The van der Waals surface area contributed by atoms with Crippen molar-refractivity contribution in [2.45, 2.75) is 12.8 Å². The average molecular weight is 215 g/mol. The highest BCUT2D eigenvalue weighted by Crippen LogP contribution is 1.89. The lowest BCUT2D eigenvalue weighted by molar-refractivity contribution is 0.0689. The molecule has 0 bridgehead atoms. The molecule has 1 heterocycles. The molecule has 0 radical (unpaired) electrons. The quantitative estimate of drug-likeness (QED) is 0.559. The van der Waals surface area contributed by atoms with Gasteiger partial charge in [0.05, 0.1) is 19.8 Å². The Balaban J connectivity index is 1.77. The maximum Gasteiger partial charge on any atom is 0.191 e. The minimum atomic E-state index is 0.680. The topological polar surface area (TPSA) is 54.9 Å². The molecule has 15 heavy (non-hydrogen) atoms. The molecule has 88 valence electrons. The highest BCUT2D eigenvalue weighted by atomic mass is 16.5. The van der Waals surface area contributed by atoms with Crippen LogP contribution in [0.15, 0.2) is 4.99 Å². The summed E-state index contributed by atoms with van der Waals surface area (Å²) in [5.74, 6) is 0.940. The first-order chi connectivity index (χ1) is 7.43. The number of ether oxygens (including phenoxy) is 2. The van der Waals surface area contributed by atoms with E-state index in [9.17, 15) is 0 Å². The van der Waals surface area contributed by atoms with Crippen LogP contribution < -0.4 is 10.6 Å². The molecular weight excluding hydrogens is 194 g/mol. The van der Waals surface area contributed by atoms with E-state index in [1.165, 1.54) is 0 Å². The van der Waals surface area contributed by atoms with Gasteiger partial charge in [-0.2, -0.15) is 0 Å². The van der Waals surface area contributed by atoms with Crippen LogP contribution in [-0.4, -0.2) is 52.5 Å². The number of unbranched alkanes of at least 4 members (excludes halogenated alkanes) is 1. The third kappa shape index (κ3) is 6.30. The maximum absolute atomic E-state index is 5.35. The molecule has 0 atom stereocenters. The van der Waals surface area contributed by atoms with E-state index in [0.29, 0.717) is 13.2 Å². The normalized spacial score (nSPS) is 14.9. The highest BCUT2D eigenvalue weighted by Gasteiger charge is 2.01. The fourth-order valence-corrected chi connectivity index (χ4v) is 1.30. The summed E-state index contributed by atoms with van der Waals surface area (Å²) in [5.41, 5.74) is 0. The molecule has 0 amide bonds. The third-order valence-electron chi connectivity index (χ3n) is 2.11. The van der Waals surface area contributed by atoms with Crippen LogP contribution in [0.2, 0.25) is 0 Å². The second kappa shape index (κ2) is 8.49. The molecule has 1 aliphatic rings. The Hall–Kier alpha value is -0.810. The number of nitrogens with zero attached hydrogens (tertiary/aromatic N) is 1. The van der Waals surface area contributed by atoms with Gasteiger partial charge in [0, 0.05) is 26.8 Å². The Morgan fingerprint density at radius 1 is 1.33 bits per heavy atom. The smallest absolute Gasteiger partial charge is 0.191 e. The zero-order valence-corrected chi connectivity index (χ0v) is 9.42. The molecule has 0 saturated carbocycles. The number of nitrogens with one attached hydrogen (secondary N) is 2. The highest BCUT2D eigenvalue weighted by molar-refractivity contribution is 5.81. The van der Waals surface area contributed by atoms with Crippen molar-refractivity contribution in [1.29, 1.82) is 0 Å². The number of aliphatic imine (C=N–C) groups is 1. The molecule has 1 rings (SSSR count). The van der Waals surface area contributed by atoms with Crippen molar-refractivity contribution in [2.24, 2.45) is 4.99 Å². The van der Waals surface area contributed by atoms with Gasteiger partial charge in [0.2, 0.25) is 0 Å². The van der Waals surface area contributed by atoms with E-state index >= 15 is 0 Å². The van der Waals surface area contributed by atoms with Crippen LogP contribution in [0.5, 0.6) is 0 Å². The van der Waals surface area contributed by atoms with Gasteiger partial charge in [-0.15, -0.1) is 0 Å². The minimum absolute atomic E-state index is 0.680. The predicted molar refractivity (Wildman–Crippen MR) is 60.2 cm³/mol. The number of methoxy groups -OCH3 is 1. The summed E-state index contributed by atoms with van der Waals surface area (Å²) in [7, 11) is 1.68. The van der Waals surface area contributed by atoms with Crippen LogP contribution in [0, 0.1) is 0 Å². The molecule has 0 aliphatic carbocycles. The lowest BCUT2D eigenvalue weighted by Crippen LogP contribution is -2.34. The number of hydrogen-bond donors (Lipinski definition) is 2. The van der Waals surface area contributed by atoms with E-state index in [1.54, 1.807) is 7.11 Å². The van der Waals surface area contributed by atoms with Crippen molar-refractivity contribution in [2.75, 3.05) is 46.6 Å². The molecule has 5 heteroatoms. The number of guanidine groups is 1. The lowest BCUT2D eigenvalue weighted by atomic mass is 10.3. The van der Waals surface area contributed by atoms with E-state index in [2.05, 4.69) is 15.6 Å². The van der Waals surface area contributed by atoms with Gasteiger partial charge in [-0.05, 0) is 12.8 Å². The summed E-state index contributed by atoms with van der Waals surface area (Å²) in [6.07, 6.45) is 2.18. The van der Waals surface area contributed by atoms with Gasteiger partial charge in [0.15, 0.2) is 5.96 Å². The largest absolute Gasteiger partial charge is 0.382 e. The Kier molecular flexibility index (Phi) is 6.94. The van der Waals surface area contributed by atoms with Gasteiger partial charge in [-0.1, -0.05) is 0 Å². The van der Waals surface area contributed by atoms with Crippen molar-refractivity contribution in [1.82, 2.24) is 10.6 Å². The Morgan fingerprint density at radius 3 is 3.00 bits per heavy atom. The second-order valence-corrected chi connectivity index (χ2v) is 3.40. The summed E-state index contributed by atoms with van der Waals surface area (Å²) < 4.78 is 10.2. The zero-order chi connectivity index (χ0) is 10.8. The van der Waals surface area contributed by atoms with Crippen LogP contribution >= 0.6 is 0 Å². The number of rotatable bonds is 8. The van der Waals surface area contributed by atoms with Crippen molar-refractivity contribution in [3.05, 3.63) is 0 Å². The molecule has 0 saturated heterocycles. The van der Waals surface area contributed by atoms with Gasteiger partial charge in [-0.25, -0.2) is 0 Å². The molecule has 2 N–H and O–H groups in total. The van der Waals surface area contributed by atoms with Gasteiger partial charge in [-0.3, -0.25) is 4.99 Å². The Labute approximate surface area is 91.2 Å². The molecule has 0 aromatic rings. The van der Waals surface area contributed by atoms with Crippen molar-refractivity contribution < 1.29 is 9.47 Å². The fraction of sp³-hybridized carbons (Fsp3) is 0.900. The molecule has 5 nitrogen and oxygen atoms in total. The van der Waals surface area contributed by atoms with Crippen molar-refractivity contribution >= 4 is 5.96 Å². The van der Waals surface area contributed by atoms with E-state index < -0.39 is 0 Å². The lowest BCUT2D eigenvalue weighted by Gasteiger charge is -2.06. The summed E-state index contributed by atoms with van der Waals surface area (Å²) in [6, 6.07) is 0. The van der Waals surface area contributed by atoms with E-state index in [1.807, 2.05) is 0 Å². The summed E-state index contributed by atoms with van der Waals surface area (Å²) in [6.45, 7) is 4.99. The molecule has 0 aromatic carbocycles. The monoisotopic (exact) mass is 215 g/mol. The second-order valence-electron chi connectivity index (χ2n) is 3.40. The van der Waals surface area contributed by atoms with E-state index in [4.69, 9.17) is 9.47 Å². The van der Waals surface area contributed by atoms with Crippen LogP contribution in [0.4, 0.5) is 0 Å². The van der Waals surface area contributed by atoms with E-state index in [0.717, 1.165) is 45.0 Å². The Bertz CT molecular complexity index is 186. The molecule has 0 spiro atoms.